The molecule has 1 saturated carbocycles. The van der Waals surface area contributed by atoms with E-state index in [1.165, 1.54) is 13.0 Å². The predicted molar refractivity (Wildman–Crippen MR) is 74.7 cm³/mol. The molecule has 20 heavy (non-hydrogen) atoms. The van der Waals surface area contributed by atoms with Crippen molar-refractivity contribution in [3.63, 3.8) is 0 Å². The predicted octanol–water partition coefficient (Wildman–Crippen LogP) is 2.23. The summed E-state index contributed by atoms with van der Waals surface area (Å²) < 4.78 is 40.6. The topological polar surface area (TPSA) is 66.4 Å². The Bertz CT molecular complexity index is 602. The number of hydrogen-bond acceptors (Lipinski definition) is 3. The van der Waals surface area contributed by atoms with E-state index in [9.17, 15) is 12.8 Å². The van der Waals surface area contributed by atoms with Crippen molar-refractivity contribution in [2.45, 2.75) is 37.1 Å². The van der Waals surface area contributed by atoms with Crippen molar-refractivity contribution < 1.29 is 17.9 Å². The van der Waals surface area contributed by atoms with Gasteiger partial charge in [-0.3, -0.25) is 0 Å². The zero-order valence-corrected chi connectivity index (χ0v) is 12.6. The van der Waals surface area contributed by atoms with Crippen LogP contribution in [0.3, 0.4) is 0 Å². The fraction of sp³-hybridized carbons (Fsp3) is 0.538. The van der Waals surface area contributed by atoms with Gasteiger partial charge in [-0.2, -0.15) is 0 Å². The molecule has 0 heterocycles. The Morgan fingerprint density at radius 3 is 2.70 bits per heavy atom. The molecule has 7 heteroatoms. The molecule has 2 N–H and O–H groups in total. The Labute approximate surface area is 123 Å². The van der Waals surface area contributed by atoms with Crippen LogP contribution in [0.5, 0.6) is 0 Å². The van der Waals surface area contributed by atoms with Crippen molar-refractivity contribution in [1.82, 2.24) is 4.72 Å². The summed E-state index contributed by atoms with van der Waals surface area (Å²) >= 11 is 5.83. The normalized spacial score (nSPS) is 17.2. The van der Waals surface area contributed by atoms with Crippen molar-refractivity contribution in [2.75, 3.05) is 6.61 Å². The minimum absolute atomic E-state index is 0.0835. The van der Waals surface area contributed by atoms with Gasteiger partial charge >= 0.3 is 0 Å². The summed E-state index contributed by atoms with van der Waals surface area (Å²) in [5.41, 5.74) is 0.222. The third-order valence-corrected chi connectivity index (χ3v) is 5.39. The number of halogens is 2. The summed E-state index contributed by atoms with van der Waals surface area (Å²) in [4.78, 5) is -0.123. The molecule has 0 aromatic heterocycles. The van der Waals surface area contributed by atoms with Crippen LogP contribution in [0.1, 0.15) is 24.8 Å². The lowest BCUT2D eigenvalue weighted by molar-refractivity contribution is 0.265. The molecule has 0 bridgehead atoms. The highest BCUT2D eigenvalue weighted by atomic mass is 35.5. The smallest absolute Gasteiger partial charge is 0.242 e. The zero-order valence-electron chi connectivity index (χ0n) is 11.1. The maximum Gasteiger partial charge on any atom is 0.242 e. The van der Waals surface area contributed by atoms with Gasteiger partial charge in [-0.15, -0.1) is 0 Å². The van der Waals surface area contributed by atoms with Gasteiger partial charge in [0.15, 0.2) is 0 Å². The highest BCUT2D eigenvalue weighted by molar-refractivity contribution is 7.89. The fourth-order valence-electron chi connectivity index (χ4n) is 2.13. The first-order valence-electron chi connectivity index (χ1n) is 6.44. The molecule has 0 amide bonds. The highest BCUT2D eigenvalue weighted by Gasteiger charge is 2.34. The first kappa shape index (κ1) is 15.7. The van der Waals surface area contributed by atoms with Gasteiger partial charge in [-0.1, -0.05) is 11.6 Å². The zero-order chi connectivity index (χ0) is 14.9. The maximum absolute atomic E-state index is 13.3. The Morgan fingerprint density at radius 2 is 2.15 bits per heavy atom. The van der Waals surface area contributed by atoms with E-state index in [0.717, 1.165) is 18.9 Å². The molecule has 4 nitrogen and oxygen atoms in total. The van der Waals surface area contributed by atoms with Crippen molar-refractivity contribution in [2.24, 2.45) is 5.92 Å². The van der Waals surface area contributed by atoms with E-state index in [-0.39, 0.29) is 34.0 Å². The Hall–Kier alpha value is -0.690. The fourth-order valence-corrected chi connectivity index (χ4v) is 4.07. The molecule has 1 aromatic carbocycles. The number of benzene rings is 1. The summed E-state index contributed by atoms with van der Waals surface area (Å²) in [5.74, 6) is -0.278. The minimum Gasteiger partial charge on any atom is -0.396 e. The average Bonchev–Trinajstić information content (AvgIpc) is 3.17. The molecule has 1 fully saturated rings. The summed E-state index contributed by atoms with van der Waals surface area (Å²) in [6, 6.07) is 1.93. The lowest BCUT2D eigenvalue weighted by Gasteiger charge is -2.18. The third-order valence-electron chi connectivity index (χ3n) is 3.44. The maximum atomic E-state index is 13.3. The molecular weight excluding hydrogens is 305 g/mol. The number of nitrogens with one attached hydrogen (secondary N) is 1. The number of aliphatic hydroxyl groups is 1. The first-order valence-corrected chi connectivity index (χ1v) is 8.30. The summed E-state index contributed by atoms with van der Waals surface area (Å²) in [6.07, 6.45) is 2.26. The summed E-state index contributed by atoms with van der Waals surface area (Å²) in [6.45, 7) is 1.40. The molecular formula is C13H17ClFNO3S. The molecule has 112 valence electrons. The molecule has 0 radical (unpaired) electrons. The highest BCUT2D eigenvalue weighted by Crippen LogP contribution is 2.35. The summed E-state index contributed by atoms with van der Waals surface area (Å²) in [7, 11) is -3.82. The van der Waals surface area contributed by atoms with Gasteiger partial charge in [0.05, 0.1) is 5.02 Å². The van der Waals surface area contributed by atoms with Gasteiger partial charge in [0.25, 0.3) is 0 Å². The van der Waals surface area contributed by atoms with Gasteiger partial charge in [0.1, 0.15) is 10.7 Å². The molecule has 1 aliphatic carbocycles. The van der Waals surface area contributed by atoms with Gasteiger partial charge in [0, 0.05) is 12.6 Å². The van der Waals surface area contributed by atoms with Crippen molar-refractivity contribution in [3.05, 3.63) is 28.5 Å². The number of sulfonamides is 1. The van der Waals surface area contributed by atoms with Gasteiger partial charge in [-0.25, -0.2) is 17.5 Å². The van der Waals surface area contributed by atoms with E-state index < -0.39 is 15.8 Å². The second-order valence-corrected chi connectivity index (χ2v) is 7.20. The largest absolute Gasteiger partial charge is 0.396 e. The molecule has 0 saturated heterocycles. The Balaban J connectivity index is 2.27. The van der Waals surface area contributed by atoms with Crippen LogP contribution in [0.4, 0.5) is 4.39 Å². The van der Waals surface area contributed by atoms with Crippen molar-refractivity contribution >= 4 is 21.6 Å². The SMILES string of the molecule is Cc1cc(S(=O)(=O)NC(CCO)C2CC2)c(Cl)cc1F. The van der Waals surface area contributed by atoms with Crippen LogP contribution in [0.25, 0.3) is 0 Å². The van der Waals surface area contributed by atoms with Crippen LogP contribution in [-0.2, 0) is 10.0 Å². The quantitative estimate of drug-likeness (QED) is 0.844. The molecule has 1 aromatic rings. The number of aliphatic hydroxyl groups excluding tert-OH is 1. The molecule has 1 aliphatic rings. The molecule has 1 atom stereocenters. The van der Waals surface area contributed by atoms with Crippen LogP contribution in [0.15, 0.2) is 17.0 Å². The van der Waals surface area contributed by atoms with Crippen LogP contribution < -0.4 is 4.72 Å². The van der Waals surface area contributed by atoms with E-state index in [4.69, 9.17) is 16.7 Å². The van der Waals surface area contributed by atoms with Crippen molar-refractivity contribution in [1.29, 1.82) is 0 Å². The molecule has 1 unspecified atom stereocenters. The Morgan fingerprint density at radius 1 is 1.50 bits per heavy atom. The molecule has 2 rings (SSSR count). The lowest BCUT2D eigenvalue weighted by Crippen LogP contribution is -2.37. The van der Waals surface area contributed by atoms with Gasteiger partial charge in [0.2, 0.25) is 10.0 Å². The first-order chi connectivity index (χ1) is 9.35. The van der Waals surface area contributed by atoms with Crippen LogP contribution in [-0.4, -0.2) is 26.2 Å². The van der Waals surface area contributed by atoms with E-state index in [1.54, 1.807) is 0 Å². The monoisotopic (exact) mass is 321 g/mol. The van der Waals surface area contributed by atoms with Crippen LogP contribution in [0.2, 0.25) is 5.02 Å². The molecule has 0 aliphatic heterocycles. The lowest BCUT2D eigenvalue weighted by atomic mass is 10.1. The standard InChI is InChI=1S/C13H17ClFNO3S/c1-8-6-13(10(14)7-11(8)15)20(18,19)16-12(4-5-17)9-2-3-9/h6-7,9,12,16-17H,2-5H2,1H3. The van der Waals surface area contributed by atoms with Crippen molar-refractivity contribution in [3.8, 4) is 0 Å². The van der Waals surface area contributed by atoms with Gasteiger partial charge < -0.3 is 5.11 Å². The third kappa shape index (κ3) is 3.49. The second-order valence-electron chi connectivity index (χ2n) is 5.11. The second kappa shape index (κ2) is 5.97. The van der Waals surface area contributed by atoms with E-state index in [0.29, 0.717) is 6.42 Å². The van der Waals surface area contributed by atoms with E-state index in [2.05, 4.69) is 4.72 Å². The average molecular weight is 322 g/mol. The van der Waals surface area contributed by atoms with E-state index in [1.807, 2.05) is 0 Å². The van der Waals surface area contributed by atoms with Crippen LogP contribution >= 0.6 is 11.6 Å². The number of rotatable bonds is 6. The molecule has 0 spiro atoms. The summed E-state index contributed by atoms with van der Waals surface area (Å²) in [5, 5.41) is 8.87. The Kier molecular flexibility index (Phi) is 4.69. The number of aryl methyl sites for hydroxylation is 1. The van der Waals surface area contributed by atoms with E-state index >= 15 is 0 Å². The van der Waals surface area contributed by atoms with Gasteiger partial charge in [-0.05, 0) is 49.8 Å². The minimum atomic E-state index is -3.82. The van der Waals surface area contributed by atoms with Crippen LogP contribution in [0, 0.1) is 18.7 Å². The number of hydrogen-bond donors (Lipinski definition) is 2.